The largest absolute Gasteiger partial charge is 0.497 e. The molecule has 0 spiro atoms. The third kappa shape index (κ3) is 4.83. The molecule has 3 rings (SSSR count). The minimum absolute atomic E-state index is 0.000119. The zero-order valence-corrected chi connectivity index (χ0v) is 15.8. The Balaban J connectivity index is 1.74. The smallest absolute Gasteiger partial charge is 0.244 e. The van der Waals surface area contributed by atoms with Crippen molar-refractivity contribution in [1.29, 1.82) is 0 Å². The van der Waals surface area contributed by atoms with Crippen molar-refractivity contribution in [2.75, 3.05) is 7.11 Å². The fraction of sp³-hybridized carbons (Fsp3) is 0.350. The van der Waals surface area contributed by atoms with Crippen LogP contribution in [0.1, 0.15) is 31.4 Å². The van der Waals surface area contributed by atoms with E-state index in [1.807, 2.05) is 50.2 Å². The molecule has 2 aromatic rings. The van der Waals surface area contributed by atoms with Crippen LogP contribution in [0.3, 0.4) is 0 Å². The van der Waals surface area contributed by atoms with Crippen molar-refractivity contribution in [2.24, 2.45) is 10.9 Å². The van der Waals surface area contributed by atoms with Crippen LogP contribution in [0, 0.1) is 5.92 Å². The SMILES string of the molecule is COc1ccc(CNC2N=C(c3cccnc3)NN2C(=O)CC(C)C)cc1. The van der Waals surface area contributed by atoms with Gasteiger partial charge in [0.05, 0.1) is 7.11 Å². The average Bonchev–Trinajstić information content (AvgIpc) is 3.11. The Morgan fingerprint density at radius 2 is 2.07 bits per heavy atom. The highest BCUT2D eigenvalue weighted by atomic mass is 16.5. The summed E-state index contributed by atoms with van der Waals surface area (Å²) in [4.78, 5) is 21.4. The molecule has 1 aliphatic rings. The number of nitrogens with zero attached hydrogens (tertiary/aromatic N) is 3. The molecule has 142 valence electrons. The molecule has 0 saturated heterocycles. The third-order valence-corrected chi connectivity index (χ3v) is 4.16. The van der Waals surface area contributed by atoms with Gasteiger partial charge in [-0.25, -0.2) is 10.0 Å². The number of hydrogen-bond donors (Lipinski definition) is 2. The van der Waals surface area contributed by atoms with Crippen LogP contribution in [-0.2, 0) is 11.3 Å². The van der Waals surface area contributed by atoms with Gasteiger partial charge in [-0.1, -0.05) is 26.0 Å². The molecular formula is C20H25N5O2. The maximum Gasteiger partial charge on any atom is 0.244 e. The van der Waals surface area contributed by atoms with Crippen LogP contribution in [0.25, 0.3) is 0 Å². The van der Waals surface area contributed by atoms with Crippen LogP contribution >= 0.6 is 0 Å². The maximum atomic E-state index is 12.7. The third-order valence-electron chi connectivity index (χ3n) is 4.16. The predicted octanol–water partition coefficient (Wildman–Crippen LogP) is 2.30. The summed E-state index contributed by atoms with van der Waals surface area (Å²) in [5, 5.41) is 4.89. The molecule has 1 aliphatic heterocycles. The number of nitrogens with one attached hydrogen (secondary N) is 2. The summed E-state index contributed by atoms with van der Waals surface area (Å²) in [6.45, 7) is 4.62. The molecule has 0 bridgehead atoms. The topological polar surface area (TPSA) is 78.8 Å². The molecular weight excluding hydrogens is 342 g/mol. The number of methoxy groups -OCH3 is 1. The molecule has 1 aromatic carbocycles. The minimum Gasteiger partial charge on any atom is -0.497 e. The number of aliphatic imine (C=N–C) groups is 1. The van der Waals surface area contributed by atoms with E-state index in [-0.39, 0.29) is 11.8 Å². The standard InChI is InChI=1S/C20H25N5O2/c1-14(2)11-18(26)25-20(22-12-15-6-8-17(27-3)9-7-15)23-19(24-25)16-5-4-10-21-13-16/h4-10,13-14,20,22H,11-12H2,1-3H3,(H,23,24). The van der Waals surface area contributed by atoms with E-state index in [1.165, 1.54) is 0 Å². The molecule has 2 heterocycles. The summed E-state index contributed by atoms with van der Waals surface area (Å²) < 4.78 is 5.18. The van der Waals surface area contributed by atoms with E-state index >= 15 is 0 Å². The first-order valence-corrected chi connectivity index (χ1v) is 9.00. The first kappa shape index (κ1) is 18.8. The van der Waals surface area contributed by atoms with Crippen molar-refractivity contribution < 1.29 is 9.53 Å². The van der Waals surface area contributed by atoms with Gasteiger partial charge in [0, 0.05) is 30.9 Å². The molecule has 27 heavy (non-hydrogen) atoms. The Bertz CT molecular complexity index is 790. The Kier molecular flexibility index (Phi) is 6.03. The lowest BCUT2D eigenvalue weighted by molar-refractivity contribution is -0.136. The summed E-state index contributed by atoms with van der Waals surface area (Å²) in [6, 6.07) is 11.6. The first-order valence-electron chi connectivity index (χ1n) is 9.00. The number of amidine groups is 1. The predicted molar refractivity (Wildman–Crippen MR) is 104 cm³/mol. The zero-order chi connectivity index (χ0) is 19.2. The number of hydrogen-bond acceptors (Lipinski definition) is 6. The summed E-state index contributed by atoms with van der Waals surface area (Å²) in [6.07, 6.45) is 3.40. The maximum absolute atomic E-state index is 12.7. The van der Waals surface area contributed by atoms with Crippen molar-refractivity contribution in [3.05, 3.63) is 59.9 Å². The van der Waals surface area contributed by atoms with Crippen LogP contribution in [0.5, 0.6) is 5.75 Å². The number of rotatable bonds is 7. The zero-order valence-electron chi connectivity index (χ0n) is 15.8. The Morgan fingerprint density at radius 3 is 2.70 bits per heavy atom. The average molecular weight is 367 g/mol. The number of aromatic nitrogens is 1. The molecule has 1 aromatic heterocycles. The molecule has 1 atom stereocenters. The monoisotopic (exact) mass is 367 g/mol. The number of benzene rings is 1. The Morgan fingerprint density at radius 1 is 1.30 bits per heavy atom. The highest BCUT2D eigenvalue weighted by Gasteiger charge is 2.30. The van der Waals surface area contributed by atoms with Gasteiger partial charge >= 0.3 is 0 Å². The second-order valence-corrected chi connectivity index (χ2v) is 6.80. The summed E-state index contributed by atoms with van der Waals surface area (Å²) in [5.74, 6) is 1.71. The quantitative estimate of drug-likeness (QED) is 0.785. The fourth-order valence-corrected chi connectivity index (χ4v) is 2.76. The van der Waals surface area contributed by atoms with Gasteiger partial charge in [-0.3, -0.25) is 20.5 Å². The van der Waals surface area contributed by atoms with Crippen LogP contribution in [0.4, 0.5) is 0 Å². The lowest BCUT2D eigenvalue weighted by Gasteiger charge is -2.24. The van der Waals surface area contributed by atoms with E-state index in [1.54, 1.807) is 24.5 Å². The number of amides is 1. The molecule has 1 amide bonds. The minimum atomic E-state index is -0.478. The summed E-state index contributed by atoms with van der Waals surface area (Å²) >= 11 is 0. The fourth-order valence-electron chi connectivity index (χ4n) is 2.76. The van der Waals surface area contributed by atoms with Crippen LogP contribution in [0.2, 0.25) is 0 Å². The number of hydrazine groups is 1. The highest BCUT2D eigenvalue weighted by molar-refractivity contribution is 6.00. The molecule has 0 saturated carbocycles. The number of carbonyl (C=O) groups is 1. The first-order chi connectivity index (χ1) is 13.1. The molecule has 0 radical (unpaired) electrons. The number of carbonyl (C=O) groups excluding carboxylic acids is 1. The molecule has 2 N–H and O–H groups in total. The van der Waals surface area contributed by atoms with Gasteiger partial charge in [0.15, 0.2) is 12.1 Å². The van der Waals surface area contributed by atoms with Gasteiger partial charge in [0.25, 0.3) is 0 Å². The lowest BCUT2D eigenvalue weighted by Crippen LogP contribution is -2.51. The molecule has 7 nitrogen and oxygen atoms in total. The van der Waals surface area contributed by atoms with Gasteiger partial charge in [0.2, 0.25) is 5.91 Å². The van der Waals surface area contributed by atoms with Crippen molar-refractivity contribution in [2.45, 2.75) is 33.1 Å². The van der Waals surface area contributed by atoms with E-state index in [4.69, 9.17) is 4.74 Å². The second-order valence-electron chi connectivity index (χ2n) is 6.80. The van der Waals surface area contributed by atoms with E-state index in [2.05, 4.69) is 20.7 Å². The van der Waals surface area contributed by atoms with Crippen LogP contribution in [-0.4, -0.2) is 35.1 Å². The van der Waals surface area contributed by atoms with Crippen molar-refractivity contribution in [1.82, 2.24) is 20.7 Å². The van der Waals surface area contributed by atoms with Gasteiger partial charge in [-0.2, -0.15) is 0 Å². The van der Waals surface area contributed by atoms with E-state index in [0.29, 0.717) is 18.8 Å². The summed E-state index contributed by atoms with van der Waals surface area (Å²) in [5.41, 5.74) is 5.05. The van der Waals surface area contributed by atoms with Gasteiger partial charge in [-0.05, 0) is 35.7 Å². The Hall–Kier alpha value is -2.93. The summed E-state index contributed by atoms with van der Waals surface area (Å²) in [7, 11) is 1.64. The lowest BCUT2D eigenvalue weighted by atomic mass is 10.1. The normalized spacial score (nSPS) is 16.2. The number of ether oxygens (including phenoxy) is 1. The van der Waals surface area contributed by atoms with Gasteiger partial charge in [0.1, 0.15) is 5.75 Å². The van der Waals surface area contributed by atoms with Gasteiger partial charge < -0.3 is 4.74 Å². The van der Waals surface area contributed by atoms with E-state index < -0.39 is 6.29 Å². The van der Waals surface area contributed by atoms with Crippen molar-refractivity contribution in [3.63, 3.8) is 0 Å². The van der Waals surface area contributed by atoms with Crippen LogP contribution in [0.15, 0.2) is 53.8 Å². The molecule has 0 aliphatic carbocycles. The molecule has 0 fully saturated rings. The number of pyridine rings is 1. The van der Waals surface area contributed by atoms with E-state index in [9.17, 15) is 4.79 Å². The van der Waals surface area contributed by atoms with Crippen LogP contribution < -0.4 is 15.5 Å². The highest BCUT2D eigenvalue weighted by Crippen LogP contribution is 2.15. The van der Waals surface area contributed by atoms with Crippen molar-refractivity contribution in [3.8, 4) is 5.75 Å². The molecule has 1 unspecified atom stereocenters. The Labute approximate surface area is 159 Å². The van der Waals surface area contributed by atoms with Crippen molar-refractivity contribution >= 4 is 11.7 Å². The second kappa shape index (κ2) is 8.64. The van der Waals surface area contributed by atoms with Gasteiger partial charge in [-0.15, -0.1) is 0 Å². The molecule has 7 heteroatoms. The van der Waals surface area contributed by atoms with E-state index in [0.717, 1.165) is 16.9 Å².